The van der Waals surface area contributed by atoms with Crippen LogP contribution in [0.25, 0.3) is 0 Å². The van der Waals surface area contributed by atoms with Gasteiger partial charge in [-0.3, -0.25) is 9.59 Å². The Kier molecular flexibility index (Phi) is 3.26. The van der Waals surface area contributed by atoms with Crippen LogP contribution in [0.15, 0.2) is 0 Å². The average Bonchev–Trinajstić information content (AvgIpc) is 2.79. The van der Waals surface area contributed by atoms with Crippen molar-refractivity contribution in [1.29, 1.82) is 0 Å². The van der Waals surface area contributed by atoms with Crippen molar-refractivity contribution in [2.24, 2.45) is 28.9 Å². The lowest BCUT2D eigenvalue weighted by molar-refractivity contribution is -0.144. The highest BCUT2D eigenvalue weighted by Gasteiger charge is 2.52. The Labute approximate surface area is 131 Å². The lowest BCUT2D eigenvalue weighted by Gasteiger charge is -2.57. The summed E-state index contributed by atoms with van der Waals surface area (Å²) in [4.78, 5) is 25.9. The zero-order valence-electron chi connectivity index (χ0n) is 13.0. The number of likely N-dealkylation sites (tertiary alicyclic amines) is 1. The summed E-state index contributed by atoms with van der Waals surface area (Å²) in [6, 6.07) is -0.614. The molecule has 22 heavy (non-hydrogen) atoms. The molecular weight excluding hydrogens is 280 g/mol. The molecule has 4 aliphatic carbocycles. The van der Waals surface area contributed by atoms with Gasteiger partial charge in [-0.15, -0.1) is 0 Å². The van der Waals surface area contributed by atoms with Crippen LogP contribution in [0.2, 0.25) is 0 Å². The fourth-order valence-electron chi connectivity index (χ4n) is 6.29. The van der Waals surface area contributed by atoms with Gasteiger partial charge in [0.05, 0.1) is 6.10 Å². The van der Waals surface area contributed by atoms with Crippen LogP contribution in [-0.4, -0.2) is 40.5 Å². The molecule has 0 aromatic rings. The van der Waals surface area contributed by atoms with Gasteiger partial charge in [-0.2, -0.15) is 0 Å². The summed E-state index contributed by atoms with van der Waals surface area (Å²) in [6.45, 7) is 0.263. The maximum atomic E-state index is 12.8. The quantitative estimate of drug-likeness (QED) is 0.817. The summed E-state index contributed by atoms with van der Waals surface area (Å²) in [5.74, 6) is 1.98. The Balaban J connectivity index is 1.49. The number of amides is 2. The fraction of sp³-hybridized carbons (Fsp3) is 0.882. The van der Waals surface area contributed by atoms with Crippen molar-refractivity contribution in [2.75, 3.05) is 6.54 Å². The van der Waals surface area contributed by atoms with Gasteiger partial charge >= 0.3 is 0 Å². The van der Waals surface area contributed by atoms with E-state index in [1.54, 1.807) is 4.90 Å². The molecular formula is C17H26N2O3. The van der Waals surface area contributed by atoms with Crippen molar-refractivity contribution in [3.05, 3.63) is 0 Å². The monoisotopic (exact) mass is 306 g/mol. The minimum Gasteiger partial charge on any atom is -0.391 e. The van der Waals surface area contributed by atoms with Crippen LogP contribution in [0.5, 0.6) is 0 Å². The van der Waals surface area contributed by atoms with E-state index in [0.717, 1.165) is 17.8 Å². The molecule has 4 bridgehead atoms. The van der Waals surface area contributed by atoms with E-state index in [1.807, 2.05) is 0 Å². The molecule has 2 amide bonds. The first-order valence-corrected chi connectivity index (χ1v) is 8.71. The standard InChI is InChI=1S/C17H26N2O3/c18-16(22)14-4-13(20)9-19(14)15(21)8-17-5-10-1-11(6-17)3-12(2-10)7-17/h10-14,20H,1-9H2,(H2,18,22). The molecule has 5 heteroatoms. The minimum atomic E-state index is -0.614. The van der Waals surface area contributed by atoms with Crippen LogP contribution >= 0.6 is 0 Å². The summed E-state index contributed by atoms with van der Waals surface area (Å²) < 4.78 is 0. The van der Waals surface area contributed by atoms with Gasteiger partial charge in [-0.05, 0) is 61.7 Å². The Hall–Kier alpha value is -1.10. The number of hydrogen-bond acceptors (Lipinski definition) is 3. The van der Waals surface area contributed by atoms with Crippen molar-refractivity contribution < 1.29 is 14.7 Å². The lowest BCUT2D eigenvalue weighted by Crippen LogP contribution is -2.50. The molecule has 4 saturated carbocycles. The van der Waals surface area contributed by atoms with Crippen LogP contribution in [0.3, 0.4) is 0 Å². The van der Waals surface area contributed by atoms with Gasteiger partial charge in [0.1, 0.15) is 6.04 Å². The molecule has 2 atom stereocenters. The zero-order valence-corrected chi connectivity index (χ0v) is 13.0. The third-order valence-corrected chi connectivity index (χ3v) is 6.62. The number of β-amino-alcohol motifs (C(OH)–C–C–N with tert-alkyl or cyclic N) is 1. The first kappa shape index (κ1) is 14.5. The predicted octanol–water partition coefficient (Wildman–Crippen LogP) is 1.04. The van der Waals surface area contributed by atoms with Gasteiger partial charge in [-0.25, -0.2) is 0 Å². The predicted molar refractivity (Wildman–Crippen MR) is 80.5 cm³/mol. The summed E-state index contributed by atoms with van der Waals surface area (Å²) >= 11 is 0. The van der Waals surface area contributed by atoms with E-state index in [4.69, 9.17) is 5.73 Å². The highest BCUT2D eigenvalue weighted by atomic mass is 16.3. The normalized spacial score (nSPS) is 46.2. The lowest BCUT2D eigenvalue weighted by atomic mass is 9.49. The van der Waals surface area contributed by atoms with Crippen LogP contribution in [0.1, 0.15) is 51.4 Å². The third kappa shape index (κ3) is 2.34. The average molecular weight is 306 g/mol. The molecule has 5 rings (SSSR count). The summed E-state index contributed by atoms with van der Waals surface area (Å²) in [7, 11) is 0. The van der Waals surface area contributed by atoms with Crippen molar-refractivity contribution in [1.82, 2.24) is 4.90 Å². The first-order chi connectivity index (χ1) is 10.4. The molecule has 5 aliphatic rings. The summed E-state index contributed by atoms with van der Waals surface area (Å²) in [5.41, 5.74) is 5.57. The maximum Gasteiger partial charge on any atom is 0.240 e. The first-order valence-electron chi connectivity index (χ1n) is 8.71. The molecule has 5 nitrogen and oxygen atoms in total. The summed E-state index contributed by atoms with van der Waals surface area (Å²) in [6.07, 6.45) is 7.86. The van der Waals surface area contributed by atoms with Crippen LogP contribution in [0, 0.1) is 23.2 Å². The Morgan fingerprint density at radius 1 is 1.05 bits per heavy atom. The second-order valence-electron chi connectivity index (χ2n) is 8.45. The second-order valence-corrected chi connectivity index (χ2v) is 8.45. The molecule has 122 valence electrons. The highest BCUT2D eigenvalue weighted by Crippen LogP contribution is 2.61. The number of nitrogens with zero attached hydrogens (tertiary/aromatic N) is 1. The number of nitrogens with two attached hydrogens (primary N) is 1. The molecule has 1 heterocycles. The molecule has 2 unspecified atom stereocenters. The fourth-order valence-corrected chi connectivity index (χ4v) is 6.29. The van der Waals surface area contributed by atoms with Crippen molar-refractivity contribution in [3.8, 4) is 0 Å². The minimum absolute atomic E-state index is 0.0299. The molecule has 0 spiro atoms. The van der Waals surface area contributed by atoms with E-state index >= 15 is 0 Å². The van der Waals surface area contributed by atoms with Gasteiger partial charge in [0.15, 0.2) is 0 Å². The number of carbonyl (C=O) groups is 2. The van der Waals surface area contributed by atoms with Crippen molar-refractivity contribution in [3.63, 3.8) is 0 Å². The van der Waals surface area contributed by atoms with Gasteiger partial charge in [-0.1, -0.05) is 0 Å². The van der Waals surface area contributed by atoms with Gasteiger partial charge in [0.2, 0.25) is 11.8 Å². The number of aliphatic hydroxyl groups is 1. The summed E-state index contributed by atoms with van der Waals surface area (Å²) in [5, 5.41) is 9.80. The number of rotatable bonds is 3. The Bertz CT molecular complexity index is 469. The molecule has 0 radical (unpaired) electrons. The van der Waals surface area contributed by atoms with Crippen LogP contribution in [0.4, 0.5) is 0 Å². The van der Waals surface area contributed by atoms with E-state index in [9.17, 15) is 14.7 Å². The van der Waals surface area contributed by atoms with E-state index in [0.29, 0.717) is 12.8 Å². The van der Waals surface area contributed by atoms with Crippen molar-refractivity contribution in [2.45, 2.75) is 63.5 Å². The molecule has 3 N–H and O–H groups in total. The van der Waals surface area contributed by atoms with Gasteiger partial charge in [0.25, 0.3) is 0 Å². The topological polar surface area (TPSA) is 83.6 Å². The highest BCUT2D eigenvalue weighted by molar-refractivity contribution is 5.87. The van der Waals surface area contributed by atoms with E-state index in [1.165, 1.54) is 38.5 Å². The smallest absolute Gasteiger partial charge is 0.240 e. The van der Waals surface area contributed by atoms with E-state index in [2.05, 4.69) is 0 Å². The Morgan fingerprint density at radius 3 is 2.09 bits per heavy atom. The molecule has 0 aromatic heterocycles. The van der Waals surface area contributed by atoms with Gasteiger partial charge in [0, 0.05) is 19.4 Å². The maximum absolute atomic E-state index is 12.8. The second kappa shape index (κ2) is 4.95. The number of aliphatic hydroxyl groups excluding tert-OH is 1. The van der Waals surface area contributed by atoms with Crippen LogP contribution in [-0.2, 0) is 9.59 Å². The van der Waals surface area contributed by atoms with E-state index in [-0.39, 0.29) is 17.9 Å². The van der Waals surface area contributed by atoms with Crippen LogP contribution < -0.4 is 5.73 Å². The molecule has 1 aliphatic heterocycles. The number of hydrogen-bond donors (Lipinski definition) is 2. The SMILES string of the molecule is NC(=O)C1CC(O)CN1C(=O)CC12CC3CC(CC(C3)C1)C2. The molecule has 1 saturated heterocycles. The van der Waals surface area contributed by atoms with Gasteiger partial charge < -0.3 is 15.7 Å². The third-order valence-electron chi connectivity index (χ3n) is 6.62. The largest absolute Gasteiger partial charge is 0.391 e. The molecule has 5 fully saturated rings. The van der Waals surface area contributed by atoms with Crippen molar-refractivity contribution >= 4 is 11.8 Å². The Morgan fingerprint density at radius 2 is 1.59 bits per heavy atom. The number of primary amides is 1. The number of carbonyl (C=O) groups excluding carboxylic acids is 2. The van der Waals surface area contributed by atoms with E-state index < -0.39 is 18.1 Å². The zero-order chi connectivity index (χ0) is 15.5. The molecule has 0 aromatic carbocycles.